The van der Waals surface area contributed by atoms with Gasteiger partial charge in [-0.25, -0.2) is 4.79 Å². The zero-order chi connectivity index (χ0) is 11.2. The number of aromatic carboxylic acids is 1. The molecule has 84 valence electrons. The van der Waals surface area contributed by atoms with Gasteiger partial charge in [-0.1, -0.05) is 6.07 Å². The fraction of sp³-hybridized carbons (Fsp3) is 0.417. The average molecular weight is 220 g/mol. The second kappa shape index (κ2) is 3.30. The molecule has 2 aliphatic heterocycles. The van der Waals surface area contributed by atoms with Gasteiger partial charge in [-0.05, 0) is 23.3 Å². The summed E-state index contributed by atoms with van der Waals surface area (Å²) in [5.41, 5.74) is 2.41. The van der Waals surface area contributed by atoms with Gasteiger partial charge in [-0.15, -0.1) is 0 Å². The summed E-state index contributed by atoms with van der Waals surface area (Å²) in [6, 6.07) is 5.24. The maximum absolute atomic E-state index is 10.9. The topological polar surface area (TPSA) is 55.8 Å². The SMILES string of the molecule is O=C(O)c1ccc2c(c1)C1(COC2)COC1. The van der Waals surface area contributed by atoms with E-state index in [-0.39, 0.29) is 5.41 Å². The van der Waals surface area contributed by atoms with Crippen LogP contribution < -0.4 is 0 Å². The van der Waals surface area contributed by atoms with E-state index in [9.17, 15) is 4.79 Å². The molecule has 0 atom stereocenters. The van der Waals surface area contributed by atoms with Crippen LogP contribution in [0.15, 0.2) is 18.2 Å². The minimum absolute atomic E-state index is 0.0982. The quantitative estimate of drug-likeness (QED) is 0.772. The van der Waals surface area contributed by atoms with E-state index in [1.165, 1.54) is 0 Å². The van der Waals surface area contributed by atoms with Crippen LogP contribution in [-0.2, 0) is 21.5 Å². The van der Waals surface area contributed by atoms with E-state index in [0.717, 1.165) is 11.1 Å². The van der Waals surface area contributed by atoms with Gasteiger partial charge in [0.05, 0.1) is 37.4 Å². The molecule has 0 amide bonds. The summed E-state index contributed by atoms with van der Waals surface area (Å²) in [7, 11) is 0. The Morgan fingerprint density at radius 3 is 2.62 bits per heavy atom. The van der Waals surface area contributed by atoms with Crippen molar-refractivity contribution in [3.63, 3.8) is 0 Å². The van der Waals surface area contributed by atoms with Gasteiger partial charge < -0.3 is 14.6 Å². The van der Waals surface area contributed by atoms with Crippen molar-refractivity contribution < 1.29 is 19.4 Å². The van der Waals surface area contributed by atoms with Crippen molar-refractivity contribution in [1.82, 2.24) is 0 Å². The molecule has 0 aliphatic carbocycles. The zero-order valence-electron chi connectivity index (χ0n) is 8.73. The van der Waals surface area contributed by atoms with Crippen LogP contribution in [0, 0.1) is 0 Å². The average Bonchev–Trinajstić information content (AvgIpc) is 2.25. The first-order valence-corrected chi connectivity index (χ1v) is 5.23. The Hall–Kier alpha value is -1.39. The van der Waals surface area contributed by atoms with Crippen molar-refractivity contribution in [3.8, 4) is 0 Å². The van der Waals surface area contributed by atoms with E-state index in [0.29, 0.717) is 32.0 Å². The van der Waals surface area contributed by atoms with Crippen molar-refractivity contribution in [3.05, 3.63) is 34.9 Å². The summed E-state index contributed by atoms with van der Waals surface area (Å²) < 4.78 is 10.8. The van der Waals surface area contributed by atoms with Crippen molar-refractivity contribution in [2.45, 2.75) is 12.0 Å². The fourth-order valence-electron chi connectivity index (χ4n) is 2.35. The Balaban J connectivity index is 2.10. The molecule has 1 saturated heterocycles. The second-order valence-electron chi connectivity index (χ2n) is 4.44. The van der Waals surface area contributed by atoms with Crippen molar-refractivity contribution >= 4 is 5.97 Å². The van der Waals surface area contributed by atoms with Crippen LogP contribution in [0.3, 0.4) is 0 Å². The smallest absolute Gasteiger partial charge is 0.335 e. The van der Waals surface area contributed by atoms with E-state index in [4.69, 9.17) is 14.6 Å². The summed E-state index contributed by atoms with van der Waals surface area (Å²) in [6.45, 7) is 2.45. The predicted octanol–water partition coefficient (Wildman–Crippen LogP) is 1.18. The molecular weight excluding hydrogens is 208 g/mol. The highest BCUT2D eigenvalue weighted by Crippen LogP contribution is 2.38. The van der Waals surface area contributed by atoms with Crippen molar-refractivity contribution in [1.29, 1.82) is 0 Å². The molecule has 0 saturated carbocycles. The molecule has 2 aliphatic rings. The lowest BCUT2D eigenvalue weighted by molar-refractivity contribution is -0.111. The number of carboxylic acids is 1. The number of benzene rings is 1. The third-order valence-corrected chi connectivity index (χ3v) is 3.32. The molecule has 16 heavy (non-hydrogen) atoms. The minimum Gasteiger partial charge on any atom is -0.478 e. The molecule has 0 unspecified atom stereocenters. The van der Waals surface area contributed by atoms with Crippen LogP contribution in [0.1, 0.15) is 21.5 Å². The number of carboxylic acid groups (broad SMARTS) is 1. The lowest BCUT2D eigenvalue weighted by Gasteiger charge is -2.45. The molecule has 1 spiro atoms. The number of hydrogen-bond acceptors (Lipinski definition) is 3. The number of carbonyl (C=O) groups is 1. The number of rotatable bonds is 1. The van der Waals surface area contributed by atoms with Gasteiger partial charge in [0.1, 0.15) is 0 Å². The molecule has 1 aromatic rings. The first-order chi connectivity index (χ1) is 7.71. The van der Waals surface area contributed by atoms with Gasteiger partial charge >= 0.3 is 5.97 Å². The Morgan fingerprint density at radius 1 is 1.25 bits per heavy atom. The standard InChI is InChI=1S/C12H12O4/c13-11(14)8-1-2-9-4-15-5-12(6-16-7-12)10(9)3-8/h1-3H,4-7H2,(H,13,14). The molecular formula is C12H12O4. The Kier molecular flexibility index (Phi) is 2.02. The van der Waals surface area contributed by atoms with Gasteiger partial charge in [-0.3, -0.25) is 0 Å². The van der Waals surface area contributed by atoms with E-state index in [2.05, 4.69) is 0 Å². The van der Waals surface area contributed by atoms with Crippen molar-refractivity contribution in [2.24, 2.45) is 0 Å². The van der Waals surface area contributed by atoms with Gasteiger partial charge in [0.2, 0.25) is 0 Å². The molecule has 3 rings (SSSR count). The maximum atomic E-state index is 10.9. The summed E-state index contributed by atoms with van der Waals surface area (Å²) in [5.74, 6) is -0.885. The Bertz CT molecular complexity index is 448. The fourth-order valence-corrected chi connectivity index (χ4v) is 2.35. The molecule has 2 heterocycles. The van der Waals surface area contributed by atoms with Gasteiger partial charge in [-0.2, -0.15) is 0 Å². The monoisotopic (exact) mass is 220 g/mol. The van der Waals surface area contributed by atoms with Gasteiger partial charge in [0.15, 0.2) is 0 Å². The molecule has 0 bridgehead atoms. The van der Waals surface area contributed by atoms with Gasteiger partial charge in [0, 0.05) is 0 Å². The van der Waals surface area contributed by atoms with Crippen molar-refractivity contribution in [2.75, 3.05) is 19.8 Å². The highest BCUT2D eigenvalue weighted by atomic mass is 16.5. The summed E-state index contributed by atoms with van der Waals surface area (Å²) in [5, 5.41) is 8.98. The molecule has 4 nitrogen and oxygen atoms in total. The van der Waals surface area contributed by atoms with Crippen LogP contribution in [-0.4, -0.2) is 30.9 Å². The Morgan fingerprint density at radius 2 is 2.00 bits per heavy atom. The van der Waals surface area contributed by atoms with E-state index in [1.54, 1.807) is 12.1 Å². The summed E-state index contributed by atoms with van der Waals surface area (Å²) in [6.07, 6.45) is 0. The van der Waals surface area contributed by atoms with Crippen LogP contribution in [0.25, 0.3) is 0 Å². The Labute approximate surface area is 92.8 Å². The lowest BCUT2D eigenvalue weighted by atomic mass is 9.75. The second-order valence-corrected chi connectivity index (χ2v) is 4.44. The van der Waals surface area contributed by atoms with Crippen LogP contribution >= 0.6 is 0 Å². The summed E-state index contributed by atoms with van der Waals surface area (Å²) in [4.78, 5) is 10.9. The number of fused-ring (bicyclic) bond motifs is 2. The van der Waals surface area contributed by atoms with Crippen LogP contribution in [0.5, 0.6) is 0 Å². The largest absolute Gasteiger partial charge is 0.478 e. The lowest BCUT2D eigenvalue weighted by Crippen LogP contribution is -2.52. The molecule has 1 N–H and O–H groups in total. The number of hydrogen-bond donors (Lipinski definition) is 1. The molecule has 4 heteroatoms. The highest BCUT2D eigenvalue weighted by Gasteiger charge is 2.44. The summed E-state index contributed by atoms with van der Waals surface area (Å²) >= 11 is 0. The van der Waals surface area contributed by atoms with E-state index in [1.807, 2.05) is 6.07 Å². The maximum Gasteiger partial charge on any atom is 0.335 e. The molecule has 1 aromatic carbocycles. The van der Waals surface area contributed by atoms with E-state index >= 15 is 0 Å². The highest BCUT2D eigenvalue weighted by molar-refractivity contribution is 5.88. The number of ether oxygens (including phenoxy) is 2. The normalized spacial score (nSPS) is 21.2. The van der Waals surface area contributed by atoms with Gasteiger partial charge in [0.25, 0.3) is 0 Å². The molecule has 1 fully saturated rings. The minimum atomic E-state index is -0.885. The first-order valence-electron chi connectivity index (χ1n) is 5.23. The first kappa shape index (κ1) is 9.81. The third kappa shape index (κ3) is 1.27. The molecule has 0 radical (unpaired) electrons. The molecule has 0 aromatic heterocycles. The zero-order valence-corrected chi connectivity index (χ0v) is 8.73. The van der Waals surface area contributed by atoms with E-state index < -0.39 is 5.97 Å². The van der Waals surface area contributed by atoms with Crippen LogP contribution in [0.4, 0.5) is 0 Å². The van der Waals surface area contributed by atoms with Crippen LogP contribution in [0.2, 0.25) is 0 Å². The third-order valence-electron chi connectivity index (χ3n) is 3.32. The predicted molar refractivity (Wildman–Crippen MR) is 55.6 cm³/mol.